The number of amides is 1. The van der Waals surface area contributed by atoms with Crippen LogP contribution in [0.5, 0.6) is 0 Å². The molecule has 214 valence electrons. The third-order valence-electron chi connectivity index (χ3n) is 6.36. The average Bonchev–Trinajstić information content (AvgIpc) is 2.87. The van der Waals surface area contributed by atoms with E-state index in [1.54, 1.807) is 0 Å². The number of rotatable bonds is 26. The summed E-state index contributed by atoms with van der Waals surface area (Å²) in [5.41, 5.74) is 0. The van der Waals surface area contributed by atoms with Crippen molar-refractivity contribution >= 4 is 17.8 Å². The highest BCUT2D eigenvalue weighted by atomic mass is 16.5. The standard InChI is InChI=1S/C31H55NO5/c1-3-5-7-9-11-13-15-19-23-28(24-20-17-18-21-25-29(33)32-27-30(34)35)37-31(36)26-22-16-14-12-10-8-6-4-2/h11,13,19,23,28H,3-10,12,14-18,20-22,24-27H2,1-2H3,(H,32,33)(H,34,35)/b13-11-,23-19-. The number of esters is 1. The van der Waals surface area contributed by atoms with Crippen molar-refractivity contribution in [3.63, 3.8) is 0 Å². The fourth-order valence-corrected chi connectivity index (χ4v) is 4.11. The van der Waals surface area contributed by atoms with Crippen LogP contribution in [0.4, 0.5) is 0 Å². The summed E-state index contributed by atoms with van der Waals surface area (Å²) in [5.74, 6) is -1.36. The van der Waals surface area contributed by atoms with Gasteiger partial charge in [0.25, 0.3) is 0 Å². The maximum atomic E-state index is 12.4. The smallest absolute Gasteiger partial charge is 0.322 e. The normalized spacial score (nSPS) is 12.3. The number of carbonyl (C=O) groups excluding carboxylic acids is 2. The lowest BCUT2D eigenvalue weighted by Crippen LogP contribution is -2.28. The van der Waals surface area contributed by atoms with Crippen LogP contribution in [-0.4, -0.2) is 35.6 Å². The molecule has 0 aromatic carbocycles. The number of allylic oxidation sites excluding steroid dienone is 3. The predicted octanol–water partition coefficient (Wildman–Crippen LogP) is 8.05. The van der Waals surface area contributed by atoms with Gasteiger partial charge in [-0.3, -0.25) is 14.4 Å². The quantitative estimate of drug-likeness (QED) is 0.0682. The number of nitrogens with one attached hydrogen (secondary N) is 1. The van der Waals surface area contributed by atoms with E-state index < -0.39 is 5.97 Å². The molecule has 1 amide bonds. The average molecular weight is 522 g/mol. The van der Waals surface area contributed by atoms with Gasteiger partial charge in [-0.2, -0.15) is 0 Å². The number of carboxylic acid groups (broad SMARTS) is 1. The Balaban J connectivity index is 4.30. The van der Waals surface area contributed by atoms with Gasteiger partial charge in [-0.05, 0) is 51.0 Å². The molecule has 0 aliphatic heterocycles. The third-order valence-corrected chi connectivity index (χ3v) is 6.36. The predicted molar refractivity (Wildman–Crippen MR) is 152 cm³/mol. The van der Waals surface area contributed by atoms with Crippen LogP contribution in [0, 0.1) is 0 Å². The Bertz CT molecular complexity index is 629. The minimum Gasteiger partial charge on any atom is -0.480 e. The molecule has 6 heteroatoms. The lowest BCUT2D eigenvalue weighted by atomic mass is 10.1. The van der Waals surface area contributed by atoms with Crippen LogP contribution in [0.15, 0.2) is 24.3 Å². The highest BCUT2D eigenvalue weighted by Crippen LogP contribution is 2.14. The summed E-state index contributed by atoms with van der Waals surface area (Å²) < 4.78 is 5.80. The van der Waals surface area contributed by atoms with E-state index in [-0.39, 0.29) is 24.5 Å². The topological polar surface area (TPSA) is 92.7 Å². The number of ether oxygens (including phenoxy) is 1. The van der Waals surface area contributed by atoms with Gasteiger partial charge in [-0.1, -0.05) is 103 Å². The molecule has 1 unspecified atom stereocenters. The van der Waals surface area contributed by atoms with Crippen LogP contribution >= 0.6 is 0 Å². The Kier molecular flexibility index (Phi) is 25.4. The Morgan fingerprint density at radius 2 is 1.32 bits per heavy atom. The highest BCUT2D eigenvalue weighted by Gasteiger charge is 2.11. The van der Waals surface area contributed by atoms with Gasteiger partial charge < -0.3 is 15.2 Å². The van der Waals surface area contributed by atoms with Gasteiger partial charge >= 0.3 is 11.9 Å². The van der Waals surface area contributed by atoms with E-state index >= 15 is 0 Å². The highest BCUT2D eigenvalue weighted by molar-refractivity contribution is 5.80. The van der Waals surface area contributed by atoms with Crippen molar-refractivity contribution in [3.05, 3.63) is 24.3 Å². The summed E-state index contributed by atoms with van der Waals surface area (Å²) in [6.45, 7) is 4.11. The summed E-state index contributed by atoms with van der Waals surface area (Å²) in [6, 6.07) is 0. The first-order valence-electron chi connectivity index (χ1n) is 15.0. The second-order valence-electron chi connectivity index (χ2n) is 10.0. The molecule has 0 aromatic rings. The first-order chi connectivity index (χ1) is 18.0. The number of hydrogen-bond donors (Lipinski definition) is 2. The second kappa shape index (κ2) is 26.9. The molecule has 0 heterocycles. The van der Waals surface area contributed by atoms with Crippen molar-refractivity contribution in [2.24, 2.45) is 0 Å². The summed E-state index contributed by atoms with van der Waals surface area (Å²) in [7, 11) is 0. The Labute approximate surface area is 226 Å². The van der Waals surface area contributed by atoms with E-state index in [9.17, 15) is 14.4 Å². The van der Waals surface area contributed by atoms with Crippen LogP contribution in [0.2, 0.25) is 0 Å². The first-order valence-corrected chi connectivity index (χ1v) is 15.0. The fourth-order valence-electron chi connectivity index (χ4n) is 4.11. The molecular weight excluding hydrogens is 466 g/mol. The zero-order chi connectivity index (χ0) is 27.4. The van der Waals surface area contributed by atoms with Crippen LogP contribution in [0.1, 0.15) is 142 Å². The summed E-state index contributed by atoms with van der Waals surface area (Å²) >= 11 is 0. The molecule has 37 heavy (non-hydrogen) atoms. The zero-order valence-corrected chi connectivity index (χ0v) is 23.8. The van der Waals surface area contributed by atoms with Gasteiger partial charge in [0.2, 0.25) is 5.91 Å². The minimum atomic E-state index is -1.03. The molecule has 0 saturated carbocycles. The minimum absolute atomic E-state index is 0.106. The summed E-state index contributed by atoms with van der Waals surface area (Å²) in [5, 5.41) is 11.0. The largest absolute Gasteiger partial charge is 0.480 e. The molecule has 0 rings (SSSR count). The van der Waals surface area contributed by atoms with E-state index in [4.69, 9.17) is 9.84 Å². The van der Waals surface area contributed by atoms with E-state index in [2.05, 4.69) is 37.4 Å². The Morgan fingerprint density at radius 1 is 0.730 bits per heavy atom. The van der Waals surface area contributed by atoms with E-state index in [1.807, 2.05) is 6.08 Å². The third kappa shape index (κ3) is 26.8. The fraction of sp³-hybridized carbons (Fsp3) is 0.774. The SMILES string of the molecule is CCCCC/C=C\C/C=C\C(CCCCCCC(=O)NCC(=O)O)OC(=O)CCCCCCCCCC. The monoisotopic (exact) mass is 521 g/mol. The van der Waals surface area contributed by atoms with Crippen molar-refractivity contribution in [1.82, 2.24) is 5.32 Å². The molecule has 1 atom stereocenters. The number of carbonyl (C=O) groups is 3. The van der Waals surface area contributed by atoms with Crippen LogP contribution in [0.3, 0.4) is 0 Å². The lowest BCUT2D eigenvalue weighted by Gasteiger charge is -2.14. The molecule has 0 aromatic heterocycles. The van der Waals surface area contributed by atoms with Crippen molar-refractivity contribution < 1.29 is 24.2 Å². The zero-order valence-electron chi connectivity index (χ0n) is 23.8. The van der Waals surface area contributed by atoms with Gasteiger partial charge in [0.15, 0.2) is 0 Å². The van der Waals surface area contributed by atoms with Gasteiger partial charge in [0.05, 0.1) is 0 Å². The molecule has 0 fully saturated rings. The van der Waals surface area contributed by atoms with E-state index in [0.717, 1.165) is 57.8 Å². The van der Waals surface area contributed by atoms with Gasteiger partial charge in [-0.25, -0.2) is 0 Å². The van der Waals surface area contributed by atoms with Gasteiger partial charge in [0.1, 0.15) is 12.6 Å². The molecule has 0 spiro atoms. The van der Waals surface area contributed by atoms with Crippen molar-refractivity contribution in [1.29, 1.82) is 0 Å². The van der Waals surface area contributed by atoms with E-state index in [1.165, 1.54) is 57.8 Å². The van der Waals surface area contributed by atoms with Crippen LogP contribution < -0.4 is 5.32 Å². The maximum Gasteiger partial charge on any atom is 0.322 e. The van der Waals surface area contributed by atoms with Crippen molar-refractivity contribution in [3.8, 4) is 0 Å². The lowest BCUT2D eigenvalue weighted by molar-refractivity contribution is -0.147. The number of hydrogen-bond acceptors (Lipinski definition) is 4. The summed E-state index contributed by atoms with van der Waals surface area (Å²) in [4.78, 5) is 34.5. The van der Waals surface area contributed by atoms with Crippen molar-refractivity contribution in [2.75, 3.05) is 6.54 Å². The second-order valence-corrected chi connectivity index (χ2v) is 10.0. The Hall–Kier alpha value is -2.11. The van der Waals surface area contributed by atoms with Crippen LogP contribution in [0.25, 0.3) is 0 Å². The molecule has 0 radical (unpaired) electrons. The maximum absolute atomic E-state index is 12.4. The molecular formula is C31H55NO5. The number of aliphatic carboxylic acids is 1. The summed E-state index contributed by atoms with van der Waals surface area (Å²) in [6.07, 6.45) is 28.8. The molecule has 0 aliphatic carbocycles. The van der Waals surface area contributed by atoms with Gasteiger partial charge in [-0.15, -0.1) is 0 Å². The molecule has 6 nitrogen and oxygen atoms in total. The molecule has 0 saturated heterocycles. The van der Waals surface area contributed by atoms with Gasteiger partial charge in [0, 0.05) is 12.8 Å². The molecule has 2 N–H and O–H groups in total. The molecule has 0 aliphatic rings. The number of carboxylic acids is 1. The van der Waals surface area contributed by atoms with Crippen LogP contribution in [-0.2, 0) is 19.1 Å². The Morgan fingerprint density at radius 3 is 2.00 bits per heavy atom. The first kappa shape index (κ1) is 34.9. The number of unbranched alkanes of at least 4 members (excludes halogenated alkanes) is 13. The molecule has 0 bridgehead atoms. The van der Waals surface area contributed by atoms with E-state index in [0.29, 0.717) is 12.8 Å². The van der Waals surface area contributed by atoms with Crippen molar-refractivity contribution in [2.45, 2.75) is 148 Å².